The lowest BCUT2D eigenvalue weighted by Crippen LogP contribution is -2.22. The number of benzene rings is 2. The summed E-state index contributed by atoms with van der Waals surface area (Å²) in [6.45, 7) is 1.32. The van der Waals surface area contributed by atoms with Crippen LogP contribution in [0.3, 0.4) is 0 Å². The van der Waals surface area contributed by atoms with Crippen LogP contribution in [0, 0.1) is 0 Å². The summed E-state index contributed by atoms with van der Waals surface area (Å²) in [5.41, 5.74) is 4.04. The van der Waals surface area contributed by atoms with E-state index in [1.807, 2.05) is 36.5 Å². The summed E-state index contributed by atoms with van der Waals surface area (Å²) in [6, 6.07) is 16.3. The third kappa shape index (κ3) is 4.06. The lowest BCUT2D eigenvalue weighted by atomic mass is 10.2. The molecule has 1 aliphatic rings. The molecule has 5 heteroatoms. The van der Waals surface area contributed by atoms with Crippen LogP contribution in [0.25, 0.3) is 10.9 Å². The van der Waals surface area contributed by atoms with Crippen molar-refractivity contribution in [2.45, 2.75) is 32.2 Å². The highest BCUT2D eigenvalue weighted by molar-refractivity contribution is 9.10. The number of pyridine rings is 1. The number of anilines is 2. The molecule has 1 saturated heterocycles. The van der Waals surface area contributed by atoms with E-state index in [9.17, 15) is 0 Å². The highest BCUT2D eigenvalue weighted by Gasteiger charge is 2.15. The first-order chi connectivity index (χ1) is 12.8. The zero-order valence-electron chi connectivity index (χ0n) is 14.5. The van der Waals surface area contributed by atoms with Gasteiger partial charge in [0.1, 0.15) is 0 Å². The van der Waals surface area contributed by atoms with Gasteiger partial charge in [0.25, 0.3) is 0 Å². The molecule has 1 unspecified atom stereocenters. The Kier molecular flexibility index (Phi) is 5.48. The number of nitrogens with zero attached hydrogens (tertiary/aromatic N) is 1. The van der Waals surface area contributed by atoms with Gasteiger partial charge in [0, 0.05) is 16.5 Å². The van der Waals surface area contributed by atoms with E-state index in [2.05, 4.69) is 44.4 Å². The summed E-state index contributed by atoms with van der Waals surface area (Å²) >= 11 is 3.71. The predicted octanol–water partition coefficient (Wildman–Crippen LogP) is 5.78. The third-order valence-corrected chi connectivity index (χ3v) is 5.45. The van der Waals surface area contributed by atoms with E-state index in [0.29, 0.717) is 6.61 Å². The number of ether oxygens (including phenoxy) is 2. The maximum Gasteiger partial charge on any atom is 0.158 e. The average Bonchev–Trinajstić information content (AvgIpc) is 2.69. The first-order valence-electron chi connectivity index (χ1n) is 8.92. The second-order valence-corrected chi connectivity index (χ2v) is 7.22. The molecule has 1 N–H and O–H groups in total. The van der Waals surface area contributed by atoms with Crippen molar-refractivity contribution >= 4 is 38.2 Å². The molecule has 0 amide bonds. The van der Waals surface area contributed by atoms with Crippen LogP contribution in [0.1, 0.15) is 24.8 Å². The number of halogens is 1. The molecule has 1 atom stereocenters. The van der Waals surface area contributed by atoms with Gasteiger partial charge in [-0.2, -0.15) is 0 Å². The molecular weight excluding hydrogens is 392 g/mol. The van der Waals surface area contributed by atoms with Gasteiger partial charge in [-0.1, -0.05) is 30.3 Å². The second-order valence-electron chi connectivity index (χ2n) is 6.43. The predicted molar refractivity (Wildman–Crippen MR) is 108 cm³/mol. The van der Waals surface area contributed by atoms with Gasteiger partial charge in [0.2, 0.25) is 0 Å². The van der Waals surface area contributed by atoms with Crippen LogP contribution in [-0.4, -0.2) is 17.9 Å². The zero-order chi connectivity index (χ0) is 17.8. The van der Waals surface area contributed by atoms with E-state index in [1.54, 1.807) is 0 Å². The first kappa shape index (κ1) is 17.5. The number of rotatable bonds is 5. The summed E-state index contributed by atoms with van der Waals surface area (Å²) in [6.07, 6.45) is 5.04. The van der Waals surface area contributed by atoms with E-state index in [-0.39, 0.29) is 6.29 Å². The van der Waals surface area contributed by atoms with Gasteiger partial charge in [-0.05, 0) is 59.0 Å². The van der Waals surface area contributed by atoms with E-state index in [0.717, 1.165) is 51.8 Å². The van der Waals surface area contributed by atoms with E-state index >= 15 is 0 Å². The Hall–Kier alpha value is -1.95. The largest absolute Gasteiger partial charge is 0.353 e. The smallest absolute Gasteiger partial charge is 0.158 e. The minimum Gasteiger partial charge on any atom is -0.353 e. The van der Waals surface area contributed by atoms with E-state index in [1.165, 1.54) is 6.42 Å². The van der Waals surface area contributed by atoms with Crippen molar-refractivity contribution in [3.63, 3.8) is 0 Å². The van der Waals surface area contributed by atoms with Crippen LogP contribution >= 0.6 is 15.9 Å². The van der Waals surface area contributed by atoms with Crippen molar-refractivity contribution in [2.24, 2.45) is 0 Å². The lowest BCUT2D eigenvalue weighted by molar-refractivity contribution is -0.169. The molecule has 1 aliphatic heterocycles. The summed E-state index contributed by atoms with van der Waals surface area (Å²) in [5.74, 6) is 0. The lowest BCUT2D eigenvalue weighted by Gasteiger charge is -2.23. The maximum atomic E-state index is 5.92. The summed E-state index contributed by atoms with van der Waals surface area (Å²) in [5, 5.41) is 4.56. The van der Waals surface area contributed by atoms with Gasteiger partial charge in [0.05, 0.1) is 29.7 Å². The first-order valence-corrected chi connectivity index (χ1v) is 9.71. The highest BCUT2D eigenvalue weighted by atomic mass is 79.9. The van der Waals surface area contributed by atoms with Crippen molar-refractivity contribution in [1.29, 1.82) is 0 Å². The summed E-state index contributed by atoms with van der Waals surface area (Å²) < 4.78 is 12.6. The molecule has 0 radical (unpaired) electrons. The summed E-state index contributed by atoms with van der Waals surface area (Å²) in [4.78, 5) is 4.51. The SMILES string of the molecule is Brc1c(COC2CCCCO2)cccc1Nc1cnc2ccccc2c1. The Balaban J connectivity index is 1.49. The van der Waals surface area contributed by atoms with Gasteiger partial charge >= 0.3 is 0 Å². The van der Waals surface area contributed by atoms with Crippen molar-refractivity contribution in [3.8, 4) is 0 Å². The Labute approximate surface area is 161 Å². The van der Waals surface area contributed by atoms with E-state index < -0.39 is 0 Å². The summed E-state index contributed by atoms with van der Waals surface area (Å²) in [7, 11) is 0. The van der Waals surface area contributed by atoms with E-state index in [4.69, 9.17) is 9.47 Å². The molecule has 2 aromatic carbocycles. The van der Waals surface area contributed by atoms with Gasteiger partial charge in [-0.25, -0.2) is 0 Å². The fourth-order valence-corrected chi connectivity index (χ4v) is 3.59. The Bertz CT molecular complexity index is 894. The van der Waals surface area contributed by atoms with Crippen LogP contribution < -0.4 is 5.32 Å². The maximum absolute atomic E-state index is 5.92. The molecule has 4 rings (SSSR count). The van der Waals surface area contributed by atoms with Crippen molar-refractivity contribution < 1.29 is 9.47 Å². The fourth-order valence-electron chi connectivity index (χ4n) is 3.11. The molecular formula is C21H21BrN2O2. The molecule has 0 saturated carbocycles. The minimum atomic E-state index is -0.0862. The highest BCUT2D eigenvalue weighted by Crippen LogP contribution is 2.31. The normalized spacial score (nSPS) is 17.3. The molecule has 0 bridgehead atoms. The number of hydrogen-bond donors (Lipinski definition) is 1. The number of nitrogens with one attached hydrogen (secondary N) is 1. The number of para-hydroxylation sites is 1. The number of aromatic nitrogens is 1. The Morgan fingerprint density at radius 1 is 1.15 bits per heavy atom. The molecule has 0 spiro atoms. The zero-order valence-corrected chi connectivity index (χ0v) is 16.0. The van der Waals surface area contributed by atoms with Gasteiger partial charge < -0.3 is 14.8 Å². The topological polar surface area (TPSA) is 43.4 Å². The van der Waals surface area contributed by atoms with Crippen LogP contribution in [0.5, 0.6) is 0 Å². The van der Waals surface area contributed by atoms with Crippen LogP contribution in [0.2, 0.25) is 0 Å². The molecule has 3 aromatic rings. The third-order valence-electron chi connectivity index (χ3n) is 4.51. The van der Waals surface area contributed by atoms with Crippen LogP contribution in [0.15, 0.2) is 59.2 Å². The Morgan fingerprint density at radius 2 is 2.08 bits per heavy atom. The van der Waals surface area contributed by atoms with Crippen LogP contribution in [-0.2, 0) is 16.1 Å². The molecule has 26 heavy (non-hydrogen) atoms. The molecule has 134 valence electrons. The fraction of sp³-hybridized carbons (Fsp3) is 0.286. The molecule has 2 heterocycles. The van der Waals surface area contributed by atoms with Gasteiger partial charge in [-0.15, -0.1) is 0 Å². The standard InChI is InChI=1S/C21H21BrN2O2/c22-21-16(14-26-20-10-3-4-11-25-20)7-5-9-19(21)24-17-12-15-6-1-2-8-18(15)23-13-17/h1-2,5-9,12-13,20,24H,3-4,10-11,14H2. The molecule has 1 fully saturated rings. The quantitative estimate of drug-likeness (QED) is 0.576. The Morgan fingerprint density at radius 3 is 2.96 bits per heavy atom. The monoisotopic (exact) mass is 412 g/mol. The van der Waals surface area contributed by atoms with Gasteiger partial charge in [0.15, 0.2) is 6.29 Å². The average molecular weight is 413 g/mol. The molecule has 0 aliphatic carbocycles. The van der Waals surface area contributed by atoms with Crippen molar-refractivity contribution in [3.05, 3.63) is 64.8 Å². The van der Waals surface area contributed by atoms with Gasteiger partial charge in [-0.3, -0.25) is 4.98 Å². The number of hydrogen-bond acceptors (Lipinski definition) is 4. The van der Waals surface area contributed by atoms with Crippen molar-refractivity contribution in [1.82, 2.24) is 4.98 Å². The number of fused-ring (bicyclic) bond motifs is 1. The second kappa shape index (κ2) is 8.16. The van der Waals surface area contributed by atoms with Crippen molar-refractivity contribution in [2.75, 3.05) is 11.9 Å². The molecule has 1 aromatic heterocycles. The molecule has 4 nitrogen and oxygen atoms in total. The van der Waals surface area contributed by atoms with Crippen LogP contribution in [0.4, 0.5) is 11.4 Å². The minimum absolute atomic E-state index is 0.0862.